The summed E-state index contributed by atoms with van der Waals surface area (Å²) in [6, 6.07) is 0. The van der Waals surface area contributed by atoms with Gasteiger partial charge in [-0.2, -0.15) is 0 Å². The Morgan fingerprint density at radius 1 is 1.70 bits per heavy atom. The summed E-state index contributed by atoms with van der Waals surface area (Å²) in [5, 5.41) is 11.7. The molecule has 10 heavy (non-hydrogen) atoms. The van der Waals surface area contributed by atoms with Crippen LogP contribution in [-0.4, -0.2) is 24.7 Å². The van der Waals surface area contributed by atoms with Crippen LogP contribution in [0.5, 0.6) is 0 Å². The number of hydrogen-bond donors (Lipinski definition) is 2. The lowest BCUT2D eigenvalue weighted by molar-refractivity contribution is -0.143. The van der Waals surface area contributed by atoms with Crippen molar-refractivity contribution in [3.63, 3.8) is 0 Å². The van der Waals surface area contributed by atoms with E-state index in [1.54, 1.807) is 0 Å². The molecule has 0 saturated heterocycles. The third-order valence-electron chi connectivity index (χ3n) is 2.16. The maximum atomic E-state index is 10.6. The summed E-state index contributed by atoms with van der Waals surface area (Å²) < 4.78 is 0. The van der Waals surface area contributed by atoms with Crippen LogP contribution < -0.4 is 5.32 Å². The number of hydrogen-bond acceptors (Lipinski definition) is 2. The second-order valence-electron chi connectivity index (χ2n) is 2.94. The number of carboxylic acids is 1. The van der Waals surface area contributed by atoms with E-state index in [1.165, 1.54) is 0 Å². The molecule has 0 radical (unpaired) electrons. The molecule has 0 aromatic rings. The highest BCUT2D eigenvalue weighted by Crippen LogP contribution is 2.48. The third-order valence-corrected chi connectivity index (χ3v) is 2.16. The highest BCUT2D eigenvalue weighted by Gasteiger charge is 2.49. The van der Waals surface area contributed by atoms with Gasteiger partial charge in [-0.1, -0.05) is 0 Å². The molecule has 0 aliphatic heterocycles. The van der Waals surface area contributed by atoms with Gasteiger partial charge in [0.1, 0.15) is 0 Å². The Labute approximate surface area is 60.4 Å². The van der Waals surface area contributed by atoms with E-state index in [2.05, 4.69) is 5.32 Å². The summed E-state index contributed by atoms with van der Waals surface area (Å²) in [7, 11) is 1.85. The van der Waals surface area contributed by atoms with E-state index in [9.17, 15) is 4.79 Å². The number of rotatable bonds is 4. The van der Waals surface area contributed by atoms with Crippen LogP contribution >= 0.6 is 0 Å². The second kappa shape index (κ2) is 2.58. The lowest BCUT2D eigenvalue weighted by atomic mass is 10.0. The Morgan fingerprint density at radius 2 is 2.30 bits per heavy atom. The summed E-state index contributed by atoms with van der Waals surface area (Å²) in [6.45, 7) is 0.812. The minimum absolute atomic E-state index is 0.344. The zero-order valence-corrected chi connectivity index (χ0v) is 6.18. The van der Waals surface area contributed by atoms with Crippen molar-refractivity contribution in [1.29, 1.82) is 0 Å². The van der Waals surface area contributed by atoms with Gasteiger partial charge in [-0.15, -0.1) is 0 Å². The molecule has 0 aromatic heterocycles. The second-order valence-corrected chi connectivity index (χ2v) is 2.94. The highest BCUT2D eigenvalue weighted by molar-refractivity contribution is 5.77. The normalized spacial score (nSPS) is 20.5. The number of carbonyl (C=O) groups is 1. The van der Waals surface area contributed by atoms with E-state index >= 15 is 0 Å². The van der Waals surface area contributed by atoms with Crippen LogP contribution in [-0.2, 0) is 4.79 Å². The average molecular weight is 143 g/mol. The minimum atomic E-state index is -0.622. The monoisotopic (exact) mass is 143 g/mol. The van der Waals surface area contributed by atoms with Gasteiger partial charge in [-0.3, -0.25) is 4.79 Å². The molecule has 0 amide bonds. The molecule has 3 nitrogen and oxygen atoms in total. The lowest BCUT2D eigenvalue weighted by Gasteiger charge is -2.07. The van der Waals surface area contributed by atoms with E-state index in [0.717, 1.165) is 25.8 Å². The van der Waals surface area contributed by atoms with Gasteiger partial charge in [-0.05, 0) is 32.9 Å². The smallest absolute Gasteiger partial charge is 0.309 e. The molecule has 0 bridgehead atoms. The van der Waals surface area contributed by atoms with Crippen molar-refractivity contribution in [2.45, 2.75) is 19.3 Å². The summed E-state index contributed by atoms with van der Waals surface area (Å²) in [5.74, 6) is -0.622. The number of nitrogens with one attached hydrogen (secondary N) is 1. The topological polar surface area (TPSA) is 49.3 Å². The molecule has 2 N–H and O–H groups in total. The van der Waals surface area contributed by atoms with Crippen LogP contribution in [0.3, 0.4) is 0 Å². The van der Waals surface area contributed by atoms with Gasteiger partial charge in [0.05, 0.1) is 5.41 Å². The predicted molar refractivity (Wildman–Crippen MR) is 37.8 cm³/mol. The van der Waals surface area contributed by atoms with Gasteiger partial charge in [0.15, 0.2) is 0 Å². The van der Waals surface area contributed by atoms with E-state index in [-0.39, 0.29) is 5.41 Å². The van der Waals surface area contributed by atoms with Gasteiger partial charge in [-0.25, -0.2) is 0 Å². The van der Waals surface area contributed by atoms with E-state index < -0.39 is 5.97 Å². The van der Waals surface area contributed by atoms with Crippen molar-refractivity contribution in [1.82, 2.24) is 5.32 Å². The standard InChI is InChI=1S/C7H13NO2/c1-8-5-4-7(2-3-7)6(9)10/h8H,2-5H2,1H3,(H,9,10). The van der Waals surface area contributed by atoms with E-state index in [1.807, 2.05) is 7.05 Å². The van der Waals surface area contributed by atoms with Gasteiger partial charge in [0.25, 0.3) is 0 Å². The van der Waals surface area contributed by atoms with Gasteiger partial charge < -0.3 is 10.4 Å². The van der Waals surface area contributed by atoms with E-state index in [0.29, 0.717) is 0 Å². The highest BCUT2D eigenvalue weighted by atomic mass is 16.4. The van der Waals surface area contributed by atoms with Crippen molar-refractivity contribution in [3.05, 3.63) is 0 Å². The quantitative estimate of drug-likeness (QED) is 0.601. The van der Waals surface area contributed by atoms with Gasteiger partial charge in [0, 0.05) is 0 Å². The summed E-state index contributed by atoms with van der Waals surface area (Å²) >= 11 is 0. The van der Waals surface area contributed by atoms with Crippen molar-refractivity contribution in [2.24, 2.45) is 5.41 Å². The third kappa shape index (κ3) is 1.29. The maximum Gasteiger partial charge on any atom is 0.309 e. The Morgan fingerprint density at radius 3 is 2.60 bits per heavy atom. The van der Waals surface area contributed by atoms with Crippen molar-refractivity contribution >= 4 is 5.97 Å². The van der Waals surface area contributed by atoms with Crippen molar-refractivity contribution in [3.8, 4) is 0 Å². The largest absolute Gasteiger partial charge is 0.481 e. The fourth-order valence-electron chi connectivity index (χ4n) is 1.09. The first-order valence-corrected chi connectivity index (χ1v) is 3.59. The molecule has 1 aliphatic rings. The SMILES string of the molecule is CNCCC1(C(=O)O)CC1. The Hall–Kier alpha value is -0.570. The molecule has 58 valence electrons. The van der Waals surface area contributed by atoms with Crippen LogP contribution in [0.15, 0.2) is 0 Å². The molecule has 1 aliphatic carbocycles. The van der Waals surface area contributed by atoms with Crippen LogP contribution in [0, 0.1) is 5.41 Å². The van der Waals surface area contributed by atoms with Crippen molar-refractivity contribution < 1.29 is 9.90 Å². The molecule has 1 rings (SSSR count). The maximum absolute atomic E-state index is 10.6. The number of aliphatic carboxylic acids is 1. The molecule has 0 unspecified atom stereocenters. The molecule has 1 fully saturated rings. The summed E-state index contributed by atoms with van der Waals surface area (Å²) in [5.41, 5.74) is -0.344. The molecule has 0 atom stereocenters. The first-order valence-electron chi connectivity index (χ1n) is 3.59. The van der Waals surface area contributed by atoms with Crippen molar-refractivity contribution in [2.75, 3.05) is 13.6 Å². The zero-order chi connectivity index (χ0) is 7.61. The summed E-state index contributed by atoms with van der Waals surface area (Å²) in [4.78, 5) is 10.6. The summed E-state index contributed by atoms with van der Waals surface area (Å²) in [6.07, 6.45) is 2.51. The first-order chi connectivity index (χ1) is 4.71. The predicted octanol–water partition coefficient (Wildman–Crippen LogP) is 0.461. The van der Waals surface area contributed by atoms with Crippen LogP contribution in [0.4, 0.5) is 0 Å². The first kappa shape index (κ1) is 7.54. The van der Waals surface area contributed by atoms with Gasteiger partial charge in [0.2, 0.25) is 0 Å². The fraction of sp³-hybridized carbons (Fsp3) is 0.857. The van der Waals surface area contributed by atoms with Gasteiger partial charge >= 0.3 is 5.97 Å². The molecule has 3 heteroatoms. The number of carboxylic acid groups (broad SMARTS) is 1. The fourth-order valence-corrected chi connectivity index (χ4v) is 1.09. The average Bonchev–Trinajstić information content (AvgIpc) is 2.64. The zero-order valence-electron chi connectivity index (χ0n) is 6.18. The molecular weight excluding hydrogens is 130 g/mol. The molecule has 0 heterocycles. The lowest BCUT2D eigenvalue weighted by Crippen LogP contribution is -2.20. The van der Waals surface area contributed by atoms with E-state index in [4.69, 9.17) is 5.11 Å². The Bertz CT molecular complexity index is 141. The Balaban J connectivity index is 2.31. The molecule has 1 saturated carbocycles. The minimum Gasteiger partial charge on any atom is -0.481 e. The van der Waals surface area contributed by atoms with Crippen LogP contribution in [0.25, 0.3) is 0 Å². The van der Waals surface area contributed by atoms with Crippen LogP contribution in [0.1, 0.15) is 19.3 Å². The molecular formula is C7H13NO2. The Kier molecular flexibility index (Phi) is 1.94. The molecule has 0 spiro atoms. The molecule has 0 aromatic carbocycles. The van der Waals surface area contributed by atoms with Crippen LogP contribution in [0.2, 0.25) is 0 Å².